The molecule has 0 amide bonds. The van der Waals surface area contributed by atoms with Crippen LogP contribution in [0.4, 0.5) is 17.6 Å². The Labute approximate surface area is 185 Å². The fraction of sp³-hybridized carbons (Fsp3) is 0.462. The third-order valence-corrected chi connectivity index (χ3v) is 10.2. The standard InChI is InChI=1S/C26H32F4Si/c1-2-3-4-13-31-14-11-20(12-15-31)6-5-19-7-9-21(10-8-19)22-16-23(28)26(24(29)17-22)25(30)18-27/h7-10,16-18,20,31H,2-6,11-15H2,1H3. The third-order valence-electron chi connectivity index (χ3n) is 6.69. The minimum absolute atomic E-state index is 0.309. The van der Waals surface area contributed by atoms with Crippen LogP contribution >= 0.6 is 0 Å². The summed E-state index contributed by atoms with van der Waals surface area (Å²) in [6, 6.07) is 14.3. The average Bonchev–Trinajstić information content (AvgIpc) is 2.78. The van der Waals surface area contributed by atoms with E-state index >= 15 is 0 Å². The van der Waals surface area contributed by atoms with Crippen LogP contribution in [0.1, 0.15) is 56.6 Å². The summed E-state index contributed by atoms with van der Waals surface area (Å²) in [6.45, 7) is 2.27. The number of hydrogen-bond acceptors (Lipinski definition) is 0. The maximum absolute atomic E-state index is 14.1. The second-order valence-electron chi connectivity index (χ2n) is 8.89. The van der Waals surface area contributed by atoms with E-state index in [2.05, 4.69) is 6.92 Å². The third kappa shape index (κ3) is 6.55. The van der Waals surface area contributed by atoms with E-state index in [4.69, 9.17) is 0 Å². The van der Waals surface area contributed by atoms with Gasteiger partial charge in [-0.05, 0) is 47.6 Å². The first-order valence-electron chi connectivity index (χ1n) is 11.6. The van der Waals surface area contributed by atoms with E-state index < -0.39 is 38.2 Å². The first-order chi connectivity index (χ1) is 15.0. The molecule has 2 aromatic rings. The Balaban J connectivity index is 1.53. The zero-order chi connectivity index (χ0) is 22.2. The minimum Gasteiger partial charge on any atom is -0.212 e. The Morgan fingerprint density at radius 1 is 1.00 bits per heavy atom. The molecular formula is C26H32F4Si. The van der Waals surface area contributed by atoms with Gasteiger partial charge in [-0.1, -0.05) is 81.4 Å². The molecule has 0 radical (unpaired) electrons. The Morgan fingerprint density at radius 3 is 2.23 bits per heavy atom. The summed E-state index contributed by atoms with van der Waals surface area (Å²) in [7, 11) is -0.467. The Morgan fingerprint density at radius 2 is 1.65 bits per heavy atom. The molecule has 0 saturated carbocycles. The van der Waals surface area contributed by atoms with Crippen LogP contribution in [-0.4, -0.2) is 8.80 Å². The molecule has 0 unspecified atom stereocenters. The number of aryl methyl sites for hydroxylation is 1. The van der Waals surface area contributed by atoms with Gasteiger partial charge in [0.1, 0.15) is 18.0 Å². The van der Waals surface area contributed by atoms with Crippen molar-refractivity contribution < 1.29 is 17.6 Å². The molecule has 31 heavy (non-hydrogen) atoms. The molecule has 0 atom stereocenters. The van der Waals surface area contributed by atoms with Gasteiger partial charge in [-0.15, -0.1) is 0 Å². The zero-order valence-electron chi connectivity index (χ0n) is 18.3. The lowest BCUT2D eigenvalue weighted by molar-refractivity contribution is 0.437. The van der Waals surface area contributed by atoms with E-state index in [1.165, 1.54) is 62.2 Å². The van der Waals surface area contributed by atoms with Gasteiger partial charge in [0, 0.05) is 8.80 Å². The molecule has 0 bridgehead atoms. The number of hydrogen-bond donors (Lipinski definition) is 0. The van der Waals surface area contributed by atoms with Gasteiger partial charge in [-0.3, -0.25) is 0 Å². The molecule has 1 aliphatic heterocycles. The van der Waals surface area contributed by atoms with E-state index in [0.29, 0.717) is 11.1 Å². The van der Waals surface area contributed by atoms with Crippen molar-refractivity contribution in [1.29, 1.82) is 0 Å². The predicted octanol–water partition coefficient (Wildman–Crippen LogP) is 8.63. The van der Waals surface area contributed by atoms with E-state index in [-0.39, 0.29) is 0 Å². The van der Waals surface area contributed by atoms with Crippen LogP contribution in [0.15, 0.2) is 42.7 Å². The molecule has 0 spiro atoms. The largest absolute Gasteiger partial charge is 0.212 e. The summed E-state index contributed by atoms with van der Waals surface area (Å²) in [4.78, 5) is 0. The lowest BCUT2D eigenvalue weighted by Crippen LogP contribution is -2.21. The van der Waals surface area contributed by atoms with Crippen LogP contribution in [0.2, 0.25) is 18.1 Å². The van der Waals surface area contributed by atoms with Crippen molar-refractivity contribution in [3.63, 3.8) is 0 Å². The van der Waals surface area contributed by atoms with Gasteiger partial charge in [-0.2, -0.15) is 0 Å². The second-order valence-corrected chi connectivity index (χ2v) is 12.4. The van der Waals surface area contributed by atoms with Crippen molar-refractivity contribution in [2.45, 2.75) is 70.0 Å². The molecule has 0 aromatic heterocycles. The molecule has 168 valence electrons. The van der Waals surface area contributed by atoms with Gasteiger partial charge in [-0.25, -0.2) is 17.6 Å². The van der Waals surface area contributed by atoms with Gasteiger partial charge >= 0.3 is 0 Å². The molecule has 0 nitrogen and oxygen atoms in total. The van der Waals surface area contributed by atoms with Crippen LogP contribution in [-0.2, 0) is 6.42 Å². The lowest BCUT2D eigenvalue weighted by Gasteiger charge is -2.27. The lowest BCUT2D eigenvalue weighted by atomic mass is 9.93. The van der Waals surface area contributed by atoms with Crippen LogP contribution in [0, 0.1) is 17.6 Å². The van der Waals surface area contributed by atoms with Crippen LogP contribution < -0.4 is 0 Å². The molecule has 5 heteroatoms. The summed E-state index contributed by atoms with van der Waals surface area (Å²) in [5.74, 6) is -2.95. The second kappa shape index (κ2) is 11.7. The minimum atomic E-state index is -1.55. The van der Waals surface area contributed by atoms with Gasteiger partial charge in [0.15, 0.2) is 5.83 Å². The Hall–Kier alpha value is -1.88. The van der Waals surface area contributed by atoms with Gasteiger partial charge in [0.05, 0.1) is 5.56 Å². The van der Waals surface area contributed by atoms with Gasteiger partial charge in [0.2, 0.25) is 0 Å². The van der Waals surface area contributed by atoms with Crippen molar-refractivity contribution in [2.75, 3.05) is 0 Å². The fourth-order valence-electron chi connectivity index (χ4n) is 4.75. The smallest absolute Gasteiger partial charge is 0.164 e. The summed E-state index contributed by atoms with van der Waals surface area (Å²) in [6.07, 6.45) is 8.68. The molecule has 0 N–H and O–H groups in total. The molecule has 0 aliphatic carbocycles. The SMILES string of the molecule is CCCCC[SiH]1CCC(CCc2ccc(-c3cc(F)c(C(F)=CF)c(F)c3)cc2)CC1. The average molecular weight is 449 g/mol. The molecule has 1 fully saturated rings. The summed E-state index contributed by atoms with van der Waals surface area (Å²) in [5, 5.41) is 0. The number of halogens is 4. The van der Waals surface area contributed by atoms with Crippen LogP contribution in [0.25, 0.3) is 17.0 Å². The van der Waals surface area contributed by atoms with Crippen molar-refractivity contribution >= 4 is 14.6 Å². The molecule has 3 rings (SSSR count). The van der Waals surface area contributed by atoms with Crippen LogP contribution in [0.5, 0.6) is 0 Å². The van der Waals surface area contributed by atoms with Crippen LogP contribution in [0.3, 0.4) is 0 Å². The maximum atomic E-state index is 14.1. The van der Waals surface area contributed by atoms with Crippen molar-refractivity contribution in [1.82, 2.24) is 0 Å². The monoisotopic (exact) mass is 448 g/mol. The quantitative estimate of drug-likeness (QED) is 0.205. The number of rotatable bonds is 9. The first-order valence-corrected chi connectivity index (χ1v) is 14.0. The zero-order valence-corrected chi connectivity index (χ0v) is 19.4. The Bertz CT molecular complexity index is 844. The highest BCUT2D eigenvalue weighted by Crippen LogP contribution is 2.32. The highest BCUT2D eigenvalue weighted by atomic mass is 28.3. The van der Waals surface area contributed by atoms with Crippen molar-refractivity contribution in [2.24, 2.45) is 5.92 Å². The summed E-state index contributed by atoms with van der Waals surface area (Å²) < 4.78 is 53.8. The normalized spacial score (nSPS) is 19.6. The molecule has 1 heterocycles. The fourth-order valence-corrected chi connectivity index (χ4v) is 8.37. The maximum Gasteiger partial charge on any atom is 0.164 e. The summed E-state index contributed by atoms with van der Waals surface area (Å²) in [5.41, 5.74) is 1.21. The highest BCUT2D eigenvalue weighted by Gasteiger charge is 2.21. The van der Waals surface area contributed by atoms with Crippen molar-refractivity contribution in [3.8, 4) is 11.1 Å². The van der Waals surface area contributed by atoms with E-state index in [0.717, 1.165) is 24.5 Å². The van der Waals surface area contributed by atoms with Gasteiger partial charge in [0.25, 0.3) is 0 Å². The number of unbranched alkanes of at least 4 members (excludes halogenated alkanes) is 2. The Kier molecular flexibility index (Phi) is 8.94. The van der Waals surface area contributed by atoms with Crippen molar-refractivity contribution in [3.05, 3.63) is 65.5 Å². The number of benzene rings is 2. The molecule has 1 aliphatic rings. The molecule has 2 aromatic carbocycles. The highest BCUT2D eigenvalue weighted by molar-refractivity contribution is 6.58. The van der Waals surface area contributed by atoms with E-state index in [1.807, 2.05) is 24.3 Å². The van der Waals surface area contributed by atoms with E-state index in [9.17, 15) is 17.6 Å². The van der Waals surface area contributed by atoms with E-state index in [1.54, 1.807) is 0 Å². The first kappa shape index (κ1) is 23.8. The topological polar surface area (TPSA) is 0 Å². The predicted molar refractivity (Wildman–Crippen MR) is 124 cm³/mol. The molecule has 1 saturated heterocycles. The molecular weight excluding hydrogens is 416 g/mol. The van der Waals surface area contributed by atoms with Gasteiger partial charge < -0.3 is 0 Å². The summed E-state index contributed by atoms with van der Waals surface area (Å²) >= 11 is 0.